The number of nitrogens with zero attached hydrogens (tertiary/aromatic N) is 4. The van der Waals surface area contributed by atoms with Gasteiger partial charge in [0.25, 0.3) is 0 Å². The van der Waals surface area contributed by atoms with E-state index in [0.29, 0.717) is 5.92 Å². The topological polar surface area (TPSA) is 79.4 Å². The van der Waals surface area contributed by atoms with Gasteiger partial charge >= 0.3 is 0 Å². The van der Waals surface area contributed by atoms with Gasteiger partial charge in [0.15, 0.2) is 0 Å². The van der Waals surface area contributed by atoms with Gasteiger partial charge in [0, 0.05) is 30.6 Å². The largest absolute Gasteiger partial charge is 0.370 e. The van der Waals surface area contributed by atoms with Crippen molar-refractivity contribution in [3.8, 4) is 0 Å². The maximum absolute atomic E-state index is 4.28. The molecule has 17 heavy (non-hydrogen) atoms. The summed E-state index contributed by atoms with van der Waals surface area (Å²) in [6.07, 6.45) is 6.72. The van der Waals surface area contributed by atoms with Gasteiger partial charge in [-0.05, 0) is 12.8 Å². The number of aromatic amines is 1. The van der Waals surface area contributed by atoms with Crippen LogP contribution in [0.2, 0.25) is 0 Å². The van der Waals surface area contributed by atoms with Crippen LogP contribution in [-0.4, -0.2) is 31.9 Å². The molecule has 6 heteroatoms. The van der Waals surface area contributed by atoms with Crippen LogP contribution in [-0.2, 0) is 6.42 Å². The molecule has 0 spiro atoms. The predicted molar refractivity (Wildman–Crippen MR) is 62.6 cm³/mol. The first-order valence-corrected chi connectivity index (χ1v) is 5.82. The molecule has 1 fully saturated rings. The fraction of sp³-hybridized carbons (Fsp3) is 0.455. The lowest BCUT2D eigenvalue weighted by Gasteiger charge is -2.05. The van der Waals surface area contributed by atoms with Crippen molar-refractivity contribution >= 4 is 5.82 Å². The molecule has 88 valence electrons. The van der Waals surface area contributed by atoms with Crippen LogP contribution < -0.4 is 5.32 Å². The van der Waals surface area contributed by atoms with Gasteiger partial charge in [-0.3, -0.25) is 0 Å². The third-order valence-corrected chi connectivity index (χ3v) is 2.84. The first-order valence-electron chi connectivity index (χ1n) is 5.82. The van der Waals surface area contributed by atoms with Crippen molar-refractivity contribution in [1.29, 1.82) is 0 Å². The van der Waals surface area contributed by atoms with E-state index in [1.807, 2.05) is 6.07 Å². The highest BCUT2D eigenvalue weighted by Crippen LogP contribution is 2.39. The summed E-state index contributed by atoms with van der Waals surface area (Å²) in [7, 11) is 0. The van der Waals surface area contributed by atoms with Gasteiger partial charge in [0.2, 0.25) is 0 Å². The lowest BCUT2D eigenvalue weighted by Crippen LogP contribution is -2.07. The Labute approximate surface area is 98.9 Å². The number of nitrogens with one attached hydrogen (secondary N) is 2. The van der Waals surface area contributed by atoms with E-state index in [9.17, 15) is 0 Å². The van der Waals surface area contributed by atoms with E-state index in [1.165, 1.54) is 12.8 Å². The van der Waals surface area contributed by atoms with Gasteiger partial charge in [-0.1, -0.05) is 0 Å². The highest BCUT2D eigenvalue weighted by Gasteiger charge is 2.25. The monoisotopic (exact) mass is 230 g/mol. The molecular formula is C11H14N6. The molecule has 0 saturated heterocycles. The normalized spacial score (nSPS) is 14.8. The molecule has 0 atom stereocenters. The van der Waals surface area contributed by atoms with Crippen molar-refractivity contribution in [2.75, 3.05) is 11.9 Å². The van der Waals surface area contributed by atoms with Crippen LogP contribution in [0, 0.1) is 0 Å². The minimum atomic E-state index is 0.661. The molecule has 2 N–H and O–H groups in total. The highest BCUT2D eigenvalue weighted by molar-refractivity contribution is 5.36. The summed E-state index contributed by atoms with van der Waals surface area (Å²) in [5.74, 6) is 1.56. The molecule has 0 radical (unpaired) electrons. The second-order valence-corrected chi connectivity index (χ2v) is 4.24. The molecule has 6 nitrogen and oxygen atoms in total. The van der Waals surface area contributed by atoms with Crippen LogP contribution in [0.25, 0.3) is 0 Å². The van der Waals surface area contributed by atoms with E-state index in [4.69, 9.17) is 0 Å². The van der Waals surface area contributed by atoms with Gasteiger partial charge in [0.05, 0.1) is 11.9 Å². The molecule has 2 aromatic heterocycles. The Morgan fingerprint density at radius 1 is 1.35 bits per heavy atom. The second kappa shape index (κ2) is 4.48. The van der Waals surface area contributed by atoms with Crippen molar-refractivity contribution in [3.05, 3.63) is 30.0 Å². The average Bonchev–Trinajstić information content (AvgIpc) is 3.09. The Bertz CT molecular complexity index is 476. The van der Waals surface area contributed by atoms with Crippen molar-refractivity contribution < 1.29 is 0 Å². The van der Waals surface area contributed by atoms with Crippen LogP contribution in [0.15, 0.2) is 18.6 Å². The fourth-order valence-corrected chi connectivity index (χ4v) is 1.74. The van der Waals surface area contributed by atoms with Crippen LogP contribution in [0.4, 0.5) is 5.82 Å². The van der Waals surface area contributed by atoms with Gasteiger partial charge in [0.1, 0.15) is 12.1 Å². The number of rotatable bonds is 5. The third-order valence-electron chi connectivity index (χ3n) is 2.84. The Hall–Kier alpha value is -1.98. The third kappa shape index (κ3) is 2.58. The highest BCUT2D eigenvalue weighted by atomic mass is 15.3. The molecule has 1 aliphatic carbocycles. The van der Waals surface area contributed by atoms with E-state index >= 15 is 0 Å². The van der Waals surface area contributed by atoms with Gasteiger partial charge in [-0.25, -0.2) is 9.97 Å². The number of aromatic nitrogens is 5. The van der Waals surface area contributed by atoms with Crippen molar-refractivity contribution in [2.24, 2.45) is 0 Å². The number of hydrogen-bond donors (Lipinski definition) is 2. The maximum atomic E-state index is 4.28. The van der Waals surface area contributed by atoms with Gasteiger partial charge in [-0.15, -0.1) is 0 Å². The van der Waals surface area contributed by atoms with Crippen molar-refractivity contribution in [2.45, 2.75) is 25.2 Å². The predicted octanol–water partition coefficient (Wildman–Crippen LogP) is 1.13. The first kappa shape index (κ1) is 10.2. The molecule has 0 amide bonds. The molecule has 2 heterocycles. The Balaban J connectivity index is 1.55. The summed E-state index contributed by atoms with van der Waals surface area (Å²) in [6.45, 7) is 0.799. The van der Waals surface area contributed by atoms with Gasteiger partial charge in [-0.2, -0.15) is 15.4 Å². The van der Waals surface area contributed by atoms with E-state index in [-0.39, 0.29) is 0 Å². The summed E-state index contributed by atoms with van der Waals surface area (Å²) in [5.41, 5.74) is 2.11. The molecule has 0 bridgehead atoms. The van der Waals surface area contributed by atoms with E-state index in [0.717, 1.165) is 30.2 Å². The van der Waals surface area contributed by atoms with E-state index < -0.39 is 0 Å². The fourth-order valence-electron chi connectivity index (χ4n) is 1.74. The van der Waals surface area contributed by atoms with Crippen LogP contribution in [0.1, 0.15) is 30.1 Å². The smallest absolute Gasteiger partial charge is 0.129 e. The second-order valence-electron chi connectivity index (χ2n) is 4.24. The minimum absolute atomic E-state index is 0.661. The lowest BCUT2D eigenvalue weighted by molar-refractivity contribution is 0.887. The lowest BCUT2D eigenvalue weighted by atomic mass is 10.3. The quantitative estimate of drug-likeness (QED) is 0.804. The van der Waals surface area contributed by atoms with Crippen LogP contribution in [0.5, 0.6) is 0 Å². The van der Waals surface area contributed by atoms with E-state index in [2.05, 4.69) is 30.7 Å². The first-order chi connectivity index (χ1) is 8.42. The molecule has 1 saturated carbocycles. The summed E-state index contributed by atoms with van der Waals surface area (Å²) in [4.78, 5) is 8.48. The number of H-pyrrole nitrogens is 1. The number of hydrogen-bond acceptors (Lipinski definition) is 5. The SMILES string of the molecule is c1nc(NCCc2cn[nH]n2)cc(C2CC2)n1. The zero-order valence-electron chi connectivity index (χ0n) is 9.43. The van der Waals surface area contributed by atoms with Crippen molar-refractivity contribution in [1.82, 2.24) is 25.4 Å². The maximum Gasteiger partial charge on any atom is 0.129 e. The Morgan fingerprint density at radius 2 is 2.29 bits per heavy atom. The molecule has 0 aromatic carbocycles. The summed E-state index contributed by atoms with van der Waals surface area (Å²) in [5, 5.41) is 13.6. The zero-order valence-corrected chi connectivity index (χ0v) is 9.43. The van der Waals surface area contributed by atoms with Crippen LogP contribution in [0.3, 0.4) is 0 Å². The molecular weight excluding hydrogens is 216 g/mol. The zero-order chi connectivity index (χ0) is 11.5. The van der Waals surface area contributed by atoms with Crippen LogP contribution >= 0.6 is 0 Å². The Kier molecular flexibility index (Phi) is 2.69. The van der Waals surface area contributed by atoms with E-state index in [1.54, 1.807) is 12.5 Å². The summed E-state index contributed by atoms with van der Waals surface area (Å²) < 4.78 is 0. The minimum Gasteiger partial charge on any atom is -0.370 e. The Morgan fingerprint density at radius 3 is 3.06 bits per heavy atom. The molecule has 0 aliphatic heterocycles. The molecule has 1 aliphatic rings. The molecule has 0 unspecified atom stereocenters. The van der Waals surface area contributed by atoms with Crippen molar-refractivity contribution in [3.63, 3.8) is 0 Å². The molecule has 2 aromatic rings. The standard InChI is InChI=1S/C11H14N6/c1-2-8(1)10-5-11(14-7-13-10)12-4-3-9-6-15-17-16-9/h5-8H,1-4H2,(H,12,13,14)(H,15,16,17). The average molecular weight is 230 g/mol. The summed E-state index contributed by atoms with van der Waals surface area (Å²) in [6, 6.07) is 2.04. The van der Waals surface area contributed by atoms with Gasteiger partial charge < -0.3 is 5.32 Å². The summed E-state index contributed by atoms with van der Waals surface area (Å²) >= 11 is 0. The number of anilines is 1. The molecule has 3 rings (SSSR count).